The standard InChI is InChI=1S/C18H24N4.CH2O2/c1-15-11-19-22(12-15)13-16-4-6-17(7-5-16)21-10-9-20-8-2-3-18(20)14-21;2-1-3/h4-7,11-12,18H,2-3,8-10,13-14H2,1H3;1H,(H,2,3). The molecule has 1 aromatic heterocycles. The number of rotatable bonds is 3. The molecule has 2 aliphatic rings. The van der Waals surface area contributed by atoms with Gasteiger partial charge in [-0.25, -0.2) is 0 Å². The van der Waals surface area contributed by atoms with Crippen LogP contribution < -0.4 is 4.90 Å². The fourth-order valence-corrected chi connectivity index (χ4v) is 3.78. The molecule has 1 atom stereocenters. The van der Waals surface area contributed by atoms with Gasteiger partial charge < -0.3 is 10.0 Å². The largest absolute Gasteiger partial charge is 0.483 e. The fourth-order valence-electron chi connectivity index (χ4n) is 3.78. The van der Waals surface area contributed by atoms with Crippen molar-refractivity contribution < 1.29 is 9.90 Å². The van der Waals surface area contributed by atoms with Crippen molar-refractivity contribution in [3.8, 4) is 0 Å². The van der Waals surface area contributed by atoms with E-state index in [0.717, 1.165) is 19.1 Å². The third-order valence-electron chi connectivity index (χ3n) is 5.00. The van der Waals surface area contributed by atoms with Gasteiger partial charge >= 0.3 is 0 Å². The first-order valence-corrected chi connectivity index (χ1v) is 8.84. The molecule has 1 N–H and O–H groups in total. The Morgan fingerprint density at radius 2 is 2.00 bits per heavy atom. The molecule has 2 aromatic rings. The minimum absolute atomic E-state index is 0.250. The van der Waals surface area contributed by atoms with E-state index in [9.17, 15) is 0 Å². The topological polar surface area (TPSA) is 61.6 Å². The van der Waals surface area contributed by atoms with Gasteiger partial charge in [-0.05, 0) is 49.6 Å². The molecule has 0 amide bonds. The van der Waals surface area contributed by atoms with E-state index in [0.29, 0.717) is 0 Å². The number of benzene rings is 1. The molecule has 1 unspecified atom stereocenters. The third kappa shape index (κ3) is 4.39. The van der Waals surface area contributed by atoms with Crippen LogP contribution in [0.4, 0.5) is 5.69 Å². The van der Waals surface area contributed by atoms with Gasteiger partial charge in [0.1, 0.15) is 0 Å². The number of hydrogen-bond donors (Lipinski definition) is 1. The average Bonchev–Trinajstić information content (AvgIpc) is 3.24. The number of piperazine rings is 1. The van der Waals surface area contributed by atoms with Crippen molar-refractivity contribution in [2.75, 3.05) is 31.1 Å². The molecular weight excluding hydrogens is 316 g/mol. The molecule has 0 bridgehead atoms. The predicted octanol–water partition coefficient (Wildman–Crippen LogP) is 2.23. The Kier molecular flexibility index (Phi) is 5.71. The van der Waals surface area contributed by atoms with Crippen LogP contribution >= 0.6 is 0 Å². The summed E-state index contributed by atoms with van der Waals surface area (Å²) in [4.78, 5) is 13.6. The Balaban J connectivity index is 0.000000569. The first-order chi connectivity index (χ1) is 12.2. The van der Waals surface area contributed by atoms with Gasteiger partial charge in [-0.1, -0.05) is 12.1 Å². The molecule has 134 valence electrons. The number of aromatic nitrogens is 2. The van der Waals surface area contributed by atoms with E-state index in [-0.39, 0.29) is 6.47 Å². The summed E-state index contributed by atoms with van der Waals surface area (Å²) in [6.07, 6.45) is 6.75. The molecule has 0 radical (unpaired) electrons. The lowest BCUT2D eigenvalue weighted by molar-refractivity contribution is -0.122. The molecule has 0 spiro atoms. The van der Waals surface area contributed by atoms with Crippen molar-refractivity contribution in [1.29, 1.82) is 0 Å². The number of carboxylic acid groups (broad SMARTS) is 1. The lowest BCUT2D eigenvalue weighted by Gasteiger charge is -2.38. The molecule has 4 rings (SSSR count). The zero-order chi connectivity index (χ0) is 17.6. The second-order valence-electron chi connectivity index (χ2n) is 6.77. The lowest BCUT2D eigenvalue weighted by atomic mass is 10.1. The number of nitrogens with zero attached hydrogens (tertiary/aromatic N) is 4. The van der Waals surface area contributed by atoms with Crippen molar-refractivity contribution >= 4 is 12.2 Å². The summed E-state index contributed by atoms with van der Waals surface area (Å²) in [6.45, 7) is 7.56. The van der Waals surface area contributed by atoms with E-state index in [1.54, 1.807) is 0 Å². The van der Waals surface area contributed by atoms with Crippen LogP contribution in [0, 0.1) is 6.92 Å². The summed E-state index contributed by atoms with van der Waals surface area (Å²) in [5, 5.41) is 11.2. The number of fused-ring (bicyclic) bond motifs is 1. The minimum Gasteiger partial charge on any atom is -0.483 e. The van der Waals surface area contributed by atoms with Crippen LogP contribution in [0.2, 0.25) is 0 Å². The summed E-state index contributed by atoms with van der Waals surface area (Å²) < 4.78 is 2.00. The van der Waals surface area contributed by atoms with E-state index in [1.807, 2.05) is 10.9 Å². The summed E-state index contributed by atoms with van der Waals surface area (Å²) in [5.41, 5.74) is 3.89. The Hall–Kier alpha value is -2.34. The smallest absolute Gasteiger partial charge is 0.290 e. The van der Waals surface area contributed by atoms with Gasteiger partial charge in [0.25, 0.3) is 6.47 Å². The maximum atomic E-state index is 8.36. The van der Waals surface area contributed by atoms with E-state index < -0.39 is 0 Å². The highest BCUT2D eigenvalue weighted by atomic mass is 16.3. The first-order valence-electron chi connectivity index (χ1n) is 8.84. The monoisotopic (exact) mass is 342 g/mol. The number of anilines is 1. The van der Waals surface area contributed by atoms with Gasteiger partial charge in [-0.3, -0.25) is 14.4 Å². The normalized spacial score (nSPS) is 19.9. The van der Waals surface area contributed by atoms with Crippen LogP contribution in [-0.2, 0) is 11.3 Å². The fraction of sp³-hybridized carbons (Fsp3) is 0.474. The van der Waals surface area contributed by atoms with Gasteiger partial charge in [-0.2, -0.15) is 5.10 Å². The zero-order valence-corrected chi connectivity index (χ0v) is 14.7. The van der Waals surface area contributed by atoms with E-state index in [1.165, 1.54) is 49.3 Å². The number of hydrogen-bond acceptors (Lipinski definition) is 4. The summed E-state index contributed by atoms with van der Waals surface area (Å²) >= 11 is 0. The second-order valence-corrected chi connectivity index (χ2v) is 6.77. The van der Waals surface area contributed by atoms with Crippen molar-refractivity contribution in [2.24, 2.45) is 0 Å². The molecule has 2 aliphatic heterocycles. The van der Waals surface area contributed by atoms with E-state index in [2.05, 4.69) is 52.3 Å². The van der Waals surface area contributed by atoms with Crippen LogP contribution in [0.25, 0.3) is 0 Å². The molecule has 6 heteroatoms. The van der Waals surface area contributed by atoms with Crippen molar-refractivity contribution in [1.82, 2.24) is 14.7 Å². The van der Waals surface area contributed by atoms with Gasteiger partial charge in [0.2, 0.25) is 0 Å². The van der Waals surface area contributed by atoms with Gasteiger partial charge in [-0.15, -0.1) is 0 Å². The molecule has 2 fully saturated rings. The van der Waals surface area contributed by atoms with Crippen LogP contribution in [-0.4, -0.2) is 58.5 Å². The van der Waals surface area contributed by atoms with Crippen molar-refractivity contribution in [3.63, 3.8) is 0 Å². The maximum absolute atomic E-state index is 8.36. The van der Waals surface area contributed by atoms with Crippen LogP contribution in [0.15, 0.2) is 36.7 Å². The maximum Gasteiger partial charge on any atom is 0.290 e. The molecule has 0 aliphatic carbocycles. The summed E-state index contributed by atoms with van der Waals surface area (Å²) in [7, 11) is 0. The Morgan fingerprint density at radius 1 is 1.24 bits per heavy atom. The quantitative estimate of drug-likeness (QED) is 0.867. The molecule has 3 heterocycles. The molecular formula is C19H26N4O2. The molecule has 1 aromatic carbocycles. The van der Waals surface area contributed by atoms with Gasteiger partial charge in [0, 0.05) is 37.6 Å². The highest BCUT2D eigenvalue weighted by Gasteiger charge is 2.30. The van der Waals surface area contributed by atoms with Gasteiger partial charge in [0.15, 0.2) is 0 Å². The summed E-state index contributed by atoms with van der Waals surface area (Å²) in [5.74, 6) is 0. The predicted molar refractivity (Wildman–Crippen MR) is 98.0 cm³/mol. The van der Waals surface area contributed by atoms with Crippen molar-refractivity contribution in [3.05, 3.63) is 47.8 Å². The molecule has 6 nitrogen and oxygen atoms in total. The van der Waals surface area contributed by atoms with Crippen LogP contribution in [0.5, 0.6) is 0 Å². The summed E-state index contributed by atoms with van der Waals surface area (Å²) in [6, 6.07) is 9.81. The Labute approximate surface area is 148 Å². The average molecular weight is 342 g/mol. The number of aryl methyl sites for hydroxylation is 1. The highest BCUT2D eigenvalue weighted by molar-refractivity contribution is 5.48. The number of carbonyl (C=O) groups is 1. The SMILES string of the molecule is Cc1cnn(Cc2ccc(N3CCN4CCCC4C3)cc2)c1.O=CO. The van der Waals surface area contributed by atoms with Crippen molar-refractivity contribution in [2.45, 2.75) is 32.4 Å². The first kappa shape index (κ1) is 17.5. The minimum atomic E-state index is -0.250. The lowest BCUT2D eigenvalue weighted by Crippen LogP contribution is -2.50. The Morgan fingerprint density at radius 3 is 2.68 bits per heavy atom. The highest BCUT2D eigenvalue weighted by Crippen LogP contribution is 2.25. The second kappa shape index (κ2) is 8.16. The van der Waals surface area contributed by atoms with Gasteiger partial charge in [0.05, 0.1) is 12.7 Å². The van der Waals surface area contributed by atoms with E-state index in [4.69, 9.17) is 9.90 Å². The molecule has 25 heavy (non-hydrogen) atoms. The van der Waals surface area contributed by atoms with E-state index >= 15 is 0 Å². The molecule has 0 saturated carbocycles. The third-order valence-corrected chi connectivity index (χ3v) is 5.00. The molecule has 2 saturated heterocycles. The zero-order valence-electron chi connectivity index (χ0n) is 14.7. The van der Waals surface area contributed by atoms with Crippen LogP contribution in [0.1, 0.15) is 24.0 Å². The Bertz CT molecular complexity index is 683. The van der Waals surface area contributed by atoms with Crippen LogP contribution in [0.3, 0.4) is 0 Å².